The Morgan fingerprint density at radius 3 is 1.91 bits per heavy atom. The minimum Gasteiger partial charge on any atom is -0.497 e. The normalized spacial score (nSPS) is 17.6. The maximum atomic E-state index is 14.1. The Bertz CT molecular complexity index is 3440. The van der Waals surface area contributed by atoms with Gasteiger partial charge in [-0.25, -0.2) is 4.90 Å². The van der Waals surface area contributed by atoms with Gasteiger partial charge in [-0.2, -0.15) is 0 Å². The lowest BCUT2D eigenvalue weighted by Gasteiger charge is -2.24. The molecule has 5 aliphatic heterocycles. The van der Waals surface area contributed by atoms with E-state index in [9.17, 15) is 33.6 Å². The summed E-state index contributed by atoms with van der Waals surface area (Å²) in [5, 5.41) is 11.7. The van der Waals surface area contributed by atoms with E-state index in [0.29, 0.717) is 82.7 Å². The van der Waals surface area contributed by atoms with Crippen LogP contribution in [0.3, 0.4) is 0 Å². The van der Waals surface area contributed by atoms with E-state index in [0.717, 1.165) is 32.9 Å². The number of nitrogens with one attached hydrogen (secondary N) is 4. The van der Waals surface area contributed by atoms with Gasteiger partial charge in [-0.3, -0.25) is 38.6 Å². The molecule has 0 aliphatic carbocycles. The zero-order valence-corrected chi connectivity index (χ0v) is 45.4. The molecular weight excluding hydrogens is 1040 g/mol. The maximum absolute atomic E-state index is 14.1. The van der Waals surface area contributed by atoms with E-state index in [1.165, 1.54) is 57.6 Å². The van der Waals surface area contributed by atoms with Crippen molar-refractivity contribution in [2.75, 3.05) is 56.6 Å². The molecule has 5 heterocycles. The van der Waals surface area contributed by atoms with Crippen LogP contribution >= 0.6 is 0 Å². The van der Waals surface area contributed by atoms with Gasteiger partial charge in [0.05, 0.1) is 74.8 Å². The monoisotopic (exact) mass is 1100 g/mol. The Morgan fingerprint density at radius 1 is 0.667 bits per heavy atom. The first-order chi connectivity index (χ1) is 39.1. The van der Waals surface area contributed by atoms with E-state index >= 15 is 0 Å². The number of methoxy groups -OCH3 is 3. The van der Waals surface area contributed by atoms with Crippen LogP contribution in [0, 0.1) is 5.92 Å². The molecule has 20 nitrogen and oxygen atoms in total. The maximum Gasteiger partial charge on any atom is 0.260 e. The third-order valence-corrected chi connectivity index (χ3v) is 14.6. The van der Waals surface area contributed by atoms with Crippen LogP contribution < -0.4 is 49.9 Å². The van der Waals surface area contributed by atoms with Gasteiger partial charge in [0, 0.05) is 73.5 Å². The molecule has 4 N–H and O–H groups in total. The molecule has 10 rings (SSSR count). The van der Waals surface area contributed by atoms with E-state index < -0.39 is 41.6 Å². The van der Waals surface area contributed by atoms with Crippen molar-refractivity contribution in [3.05, 3.63) is 149 Å². The Morgan fingerprint density at radius 2 is 1.27 bits per heavy atom. The van der Waals surface area contributed by atoms with Crippen molar-refractivity contribution in [1.29, 1.82) is 0 Å². The number of benzene rings is 5. The molecule has 0 radical (unpaired) electrons. The molecule has 0 unspecified atom stereocenters. The van der Waals surface area contributed by atoms with Gasteiger partial charge < -0.3 is 54.8 Å². The summed E-state index contributed by atoms with van der Waals surface area (Å²) < 4.78 is 29.1. The molecule has 0 aromatic heterocycles. The molecule has 81 heavy (non-hydrogen) atoms. The van der Waals surface area contributed by atoms with Crippen molar-refractivity contribution in [2.24, 2.45) is 10.9 Å². The second-order valence-electron chi connectivity index (χ2n) is 20.3. The average molecular weight is 1100 g/mol. The summed E-state index contributed by atoms with van der Waals surface area (Å²) in [4.78, 5) is 101. The summed E-state index contributed by atoms with van der Waals surface area (Å²) in [7, 11) is 4.67. The lowest BCUT2D eigenvalue weighted by Crippen LogP contribution is -2.53. The van der Waals surface area contributed by atoms with Gasteiger partial charge in [0.15, 0.2) is 23.0 Å². The summed E-state index contributed by atoms with van der Waals surface area (Å²) in [6.07, 6.45) is 9.48. The predicted octanol–water partition coefficient (Wildman–Crippen LogP) is 7.54. The highest BCUT2D eigenvalue weighted by Gasteiger charge is 2.37. The molecule has 0 spiro atoms. The zero-order valence-electron chi connectivity index (χ0n) is 45.4. The predicted molar refractivity (Wildman–Crippen MR) is 303 cm³/mol. The SMILES string of the molecule is COc1ccc(C2=CN3C(=O)c4cc(OC)c(OCCCOc5cc6c(cc5OC)C(=O)N5C=C(c7ccc(NC(=O)[C@H](C)NC(=O)[C@@H](NC(=O)c8ccc(N9C(=O)C=CC9=O)cc8)C(C)C)cc7)C[C@H]5C=N6)cc4NC[C@@H]3C2)cc1. The molecule has 7 amide bonds. The Balaban J connectivity index is 0.705. The van der Waals surface area contributed by atoms with Gasteiger partial charge in [0.2, 0.25) is 11.8 Å². The number of nitrogens with zero attached hydrogens (tertiary/aromatic N) is 4. The molecule has 4 atom stereocenters. The molecular formula is C61H60N8O12. The van der Waals surface area contributed by atoms with E-state index in [-0.39, 0.29) is 48.6 Å². The minimum absolute atomic E-state index is 0.0600. The van der Waals surface area contributed by atoms with Gasteiger partial charge >= 0.3 is 0 Å². The number of hydrogen-bond acceptors (Lipinski definition) is 14. The van der Waals surface area contributed by atoms with E-state index in [2.05, 4.69) is 21.3 Å². The lowest BCUT2D eigenvalue weighted by molar-refractivity contribution is -0.128. The van der Waals surface area contributed by atoms with Crippen LogP contribution in [-0.4, -0.2) is 123 Å². The molecule has 0 saturated heterocycles. The van der Waals surface area contributed by atoms with Gasteiger partial charge in [-0.15, -0.1) is 0 Å². The van der Waals surface area contributed by atoms with Crippen LogP contribution in [0.4, 0.5) is 22.7 Å². The Labute approximate surface area is 467 Å². The molecule has 0 bridgehead atoms. The number of rotatable bonds is 19. The van der Waals surface area contributed by atoms with E-state index in [1.807, 2.05) is 42.6 Å². The van der Waals surface area contributed by atoms with Crippen molar-refractivity contribution in [1.82, 2.24) is 20.4 Å². The number of carbonyl (C=O) groups is 7. The van der Waals surface area contributed by atoms with Crippen molar-refractivity contribution < 1.29 is 57.2 Å². The summed E-state index contributed by atoms with van der Waals surface area (Å²) in [6.45, 7) is 6.14. The lowest BCUT2D eigenvalue weighted by atomic mass is 10.0. The molecule has 0 fully saturated rings. The zero-order chi connectivity index (χ0) is 57.1. The Hall–Kier alpha value is -9.72. The molecule has 5 aromatic carbocycles. The van der Waals surface area contributed by atoms with Crippen molar-refractivity contribution in [3.63, 3.8) is 0 Å². The van der Waals surface area contributed by atoms with Crippen molar-refractivity contribution >= 4 is 81.5 Å². The number of amides is 7. The summed E-state index contributed by atoms with van der Waals surface area (Å²) >= 11 is 0. The molecule has 20 heteroatoms. The van der Waals surface area contributed by atoms with E-state index in [4.69, 9.17) is 28.7 Å². The fourth-order valence-electron chi connectivity index (χ4n) is 10.2. The molecule has 5 aliphatic rings. The minimum atomic E-state index is -0.985. The quantitative estimate of drug-likeness (QED) is 0.0463. The van der Waals surface area contributed by atoms with Crippen molar-refractivity contribution in [2.45, 2.75) is 64.2 Å². The summed E-state index contributed by atoms with van der Waals surface area (Å²) in [5.41, 5.74) is 6.76. The first-order valence-electron chi connectivity index (χ1n) is 26.5. The number of anilines is 3. The van der Waals surface area contributed by atoms with Crippen LogP contribution in [0.25, 0.3) is 11.1 Å². The second kappa shape index (κ2) is 23.3. The number of carbonyl (C=O) groups excluding carboxylic acids is 7. The summed E-state index contributed by atoms with van der Waals surface area (Å²) in [5.74, 6) is -0.822. The van der Waals surface area contributed by atoms with Crippen molar-refractivity contribution in [3.8, 4) is 28.7 Å². The number of ether oxygens (including phenoxy) is 5. The van der Waals surface area contributed by atoms with Crippen LogP contribution in [0.1, 0.15) is 82.2 Å². The standard InChI is InChI=1S/C61H60N8O12/c1-34(2)56(66-58(73)38-10-16-42(17-11-38)69-54(70)20-21-55(69)71)59(74)64-35(3)57(72)65-41-14-8-36(9-15-41)39-24-43-30-62-48-28-52(50(78-5)26-46(48)60(75)67(43)32-39)80-22-7-23-81-53-29-49-47(27-51(53)79-6)61(76)68-33-40(25-44(68)31-63-49)37-12-18-45(77-4)19-13-37/h8-21,26-30,32-35,43-44,56,63H,7,22-25,31H2,1-6H3,(H,64,74)(H,65,72)(H,66,73)/t35-,43-,44-,56-/m0/s1. The van der Waals surface area contributed by atoms with Crippen LogP contribution in [0.15, 0.2) is 127 Å². The highest BCUT2D eigenvalue weighted by atomic mass is 16.5. The number of hydrogen-bond donors (Lipinski definition) is 4. The van der Waals surface area contributed by atoms with Gasteiger partial charge in [-0.05, 0) is 102 Å². The molecule has 5 aromatic rings. The fraction of sp³-hybridized carbons (Fsp3) is 0.279. The van der Waals surface area contributed by atoms with Crippen LogP contribution in [0.5, 0.6) is 28.7 Å². The van der Waals surface area contributed by atoms with Gasteiger partial charge in [0.25, 0.3) is 29.5 Å². The largest absolute Gasteiger partial charge is 0.497 e. The number of imide groups is 1. The molecule has 416 valence electrons. The van der Waals surface area contributed by atoms with E-state index in [1.54, 1.807) is 79.6 Å². The highest BCUT2D eigenvalue weighted by molar-refractivity contribution is 6.28. The average Bonchev–Trinajstić information content (AvgIpc) is 4.23. The van der Waals surface area contributed by atoms with Crippen LogP contribution in [-0.2, 0) is 19.2 Å². The Kier molecular flexibility index (Phi) is 15.7. The third-order valence-electron chi connectivity index (χ3n) is 14.6. The number of aliphatic imine (C=N–C) groups is 1. The molecule has 0 saturated carbocycles. The smallest absolute Gasteiger partial charge is 0.260 e. The number of fused-ring (bicyclic) bond motifs is 4. The first-order valence-corrected chi connectivity index (χ1v) is 26.5. The van der Waals surface area contributed by atoms with Gasteiger partial charge in [0.1, 0.15) is 17.8 Å². The highest BCUT2D eigenvalue weighted by Crippen LogP contribution is 2.42. The first kappa shape index (κ1) is 54.6. The van der Waals surface area contributed by atoms with Crippen LogP contribution in [0.2, 0.25) is 0 Å². The summed E-state index contributed by atoms with van der Waals surface area (Å²) in [6, 6.07) is 25.3. The topological polar surface area (TPSA) is 236 Å². The van der Waals surface area contributed by atoms with Gasteiger partial charge in [-0.1, -0.05) is 38.1 Å². The fourth-order valence-corrected chi connectivity index (χ4v) is 10.2. The third kappa shape index (κ3) is 11.4. The second-order valence-corrected chi connectivity index (χ2v) is 20.3.